The summed E-state index contributed by atoms with van der Waals surface area (Å²) in [6, 6.07) is 7.59. The van der Waals surface area contributed by atoms with Crippen molar-refractivity contribution in [2.75, 3.05) is 4.90 Å². The Morgan fingerprint density at radius 3 is 2.68 bits per heavy atom. The SMILES string of the molecule is Cc1nc(C)c(C(=O)N(Cc2cccnc2)c2nc3c(C)cc(Cl)cc3s2)s1. The van der Waals surface area contributed by atoms with E-state index in [2.05, 4.69) is 9.97 Å². The first-order chi connectivity index (χ1) is 13.4. The number of pyridine rings is 1. The first-order valence-electron chi connectivity index (χ1n) is 8.64. The number of carbonyl (C=O) groups excluding carboxylic acids is 1. The fourth-order valence-corrected chi connectivity index (χ4v) is 5.30. The average molecular weight is 429 g/mol. The van der Waals surface area contributed by atoms with Crippen LogP contribution < -0.4 is 4.90 Å². The van der Waals surface area contributed by atoms with Crippen LogP contribution in [0.25, 0.3) is 10.2 Å². The molecule has 142 valence electrons. The highest BCUT2D eigenvalue weighted by Gasteiger charge is 2.25. The smallest absolute Gasteiger partial charge is 0.272 e. The minimum atomic E-state index is -0.102. The second kappa shape index (κ2) is 7.58. The van der Waals surface area contributed by atoms with Crippen molar-refractivity contribution in [1.29, 1.82) is 0 Å². The molecule has 0 radical (unpaired) electrons. The van der Waals surface area contributed by atoms with Gasteiger partial charge in [0.05, 0.1) is 27.5 Å². The molecule has 1 aromatic carbocycles. The Morgan fingerprint density at radius 1 is 1.18 bits per heavy atom. The van der Waals surface area contributed by atoms with Gasteiger partial charge in [-0.2, -0.15) is 0 Å². The Balaban J connectivity index is 1.82. The van der Waals surface area contributed by atoms with E-state index < -0.39 is 0 Å². The third-order valence-electron chi connectivity index (χ3n) is 4.28. The normalized spacial score (nSPS) is 11.1. The summed E-state index contributed by atoms with van der Waals surface area (Å²) in [5.74, 6) is -0.102. The zero-order valence-corrected chi connectivity index (χ0v) is 18.0. The van der Waals surface area contributed by atoms with Gasteiger partial charge >= 0.3 is 0 Å². The molecule has 3 aromatic heterocycles. The lowest BCUT2D eigenvalue weighted by molar-refractivity contribution is 0.0988. The predicted molar refractivity (Wildman–Crippen MR) is 116 cm³/mol. The molecule has 3 heterocycles. The molecule has 0 atom stereocenters. The Bertz CT molecular complexity index is 1170. The van der Waals surface area contributed by atoms with Crippen molar-refractivity contribution in [3.63, 3.8) is 0 Å². The number of thiazole rings is 2. The van der Waals surface area contributed by atoms with Crippen LogP contribution in [0.2, 0.25) is 5.02 Å². The van der Waals surface area contributed by atoms with Crippen LogP contribution in [0.1, 0.15) is 31.5 Å². The number of benzene rings is 1. The fraction of sp³-hybridized carbons (Fsp3) is 0.200. The standard InChI is InChI=1S/C20H17ClN4OS2/c1-11-7-15(21)8-16-17(11)24-20(28-16)25(10-14-5-4-6-22-9-14)19(26)18-12(2)23-13(3)27-18/h4-9H,10H2,1-3H3. The Kier molecular flexibility index (Phi) is 5.14. The van der Waals surface area contributed by atoms with Gasteiger partial charge in [-0.3, -0.25) is 14.7 Å². The van der Waals surface area contributed by atoms with Gasteiger partial charge in [-0.05, 0) is 50.1 Å². The molecule has 8 heteroatoms. The molecular formula is C20H17ClN4OS2. The van der Waals surface area contributed by atoms with E-state index in [0.717, 1.165) is 32.0 Å². The number of nitrogens with zero attached hydrogens (tertiary/aromatic N) is 4. The van der Waals surface area contributed by atoms with Crippen LogP contribution >= 0.6 is 34.3 Å². The van der Waals surface area contributed by atoms with E-state index in [1.165, 1.54) is 22.7 Å². The molecule has 28 heavy (non-hydrogen) atoms. The van der Waals surface area contributed by atoms with E-state index in [9.17, 15) is 4.79 Å². The van der Waals surface area contributed by atoms with Crippen LogP contribution in [0.4, 0.5) is 5.13 Å². The summed E-state index contributed by atoms with van der Waals surface area (Å²) in [4.78, 5) is 29.1. The molecular weight excluding hydrogens is 412 g/mol. The van der Waals surface area contributed by atoms with E-state index in [4.69, 9.17) is 16.6 Å². The molecule has 0 aliphatic heterocycles. The molecule has 0 aliphatic carbocycles. The number of aryl methyl sites for hydroxylation is 3. The van der Waals surface area contributed by atoms with Crippen LogP contribution in [-0.2, 0) is 6.54 Å². The maximum atomic E-state index is 13.4. The molecule has 4 aromatic rings. The highest BCUT2D eigenvalue weighted by atomic mass is 35.5. The number of rotatable bonds is 4. The lowest BCUT2D eigenvalue weighted by Crippen LogP contribution is -2.30. The van der Waals surface area contributed by atoms with Gasteiger partial charge in [0.2, 0.25) is 0 Å². The summed E-state index contributed by atoms with van der Waals surface area (Å²) < 4.78 is 0.959. The number of carbonyl (C=O) groups is 1. The maximum Gasteiger partial charge on any atom is 0.272 e. The van der Waals surface area contributed by atoms with Crippen molar-refractivity contribution in [1.82, 2.24) is 15.0 Å². The van der Waals surface area contributed by atoms with Crippen LogP contribution in [-0.4, -0.2) is 20.9 Å². The quantitative estimate of drug-likeness (QED) is 0.426. The van der Waals surface area contributed by atoms with Crippen LogP contribution in [0.3, 0.4) is 0 Å². The molecule has 0 bridgehead atoms. The summed E-state index contributed by atoms with van der Waals surface area (Å²) in [6.45, 7) is 6.13. The first kappa shape index (κ1) is 19.0. The zero-order valence-electron chi connectivity index (χ0n) is 15.6. The molecule has 0 spiro atoms. The minimum Gasteiger partial charge on any atom is -0.279 e. The number of hydrogen-bond donors (Lipinski definition) is 0. The van der Waals surface area contributed by atoms with Crippen molar-refractivity contribution in [3.05, 3.63) is 68.4 Å². The average Bonchev–Trinajstić information content (AvgIpc) is 3.22. The third-order valence-corrected chi connectivity index (χ3v) is 6.58. The molecule has 0 aliphatic rings. The van der Waals surface area contributed by atoms with Gasteiger partial charge < -0.3 is 0 Å². The van der Waals surface area contributed by atoms with E-state index in [0.29, 0.717) is 21.6 Å². The van der Waals surface area contributed by atoms with Gasteiger partial charge in [0.25, 0.3) is 5.91 Å². The van der Waals surface area contributed by atoms with Crippen molar-refractivity contribution >= 4 is 55.5 Å². The van der Waals surface area contributed by atoms with E-state index in [-0.39, 0.29) is 5.91 Å². The maximum absolute atomic E-state index is 13.4. The van der Waals surface area contributed by atoms with Crippen molar-refractivity contribution in [3.8, 4) is 0 Å². The second-order valence-corrected chi connectivity index (χ2v) is 9.11. The van der Waals surface area contributed by atoms with Gasteiger partial charge in [0.1, 0.15) is 4.88 Å². The molecule has 0 unspecified atom stereocenters. The second-order valence-electron chi connectivity index (χ2n) is 6.47. The van der Waals surface area contributed by atoms with E-state index >= 15 is 0 Å². The van der Waals surface area contributed by atoms with Crippen LogP contribution in [0, 0.1) is 20.8 Å². The van der Waals surface area contributed by atoms with Crippen LogP contribution in [0.15, 0.2) is 36.7 Å². The van der Waals surface area contributed by atoms with E-state index in [1.54, 1.807) is 17.3 Å². The first-order valence-corrected chi connectivity index (χ1v) is 10.6. The van der Waals surface area contributed by atoms with E-state index in [1.807, 2.05) is 45.0 Å². The Hall–Kier alpha value is -2.35. The Morgan fingerprint density at radius 2 is 2.00 bits per heavy atom. The summed E-state index contributed by atoms with van der Waals surface area (Å²) in [6.07, 6.45) is 3.48. The highest BCUT2D eigenvalue weighted by Crippen LogP contribution is 2.35. The molecule has 0 fully saturated rings. The summed E-state index contributed by atoms with van der Waals surface area (Å²) >= 11 is 9.08. The molecule has 5 nitrogen and oxygen atoms in total. The number of hydrogen-bond acceptors (Lipinski definition) is 6. The zero-order chi connectivity index (χ0) is 19.8. The molecule has 0 saturated heterocycles. The highest BCUT2D eigenvalue weighted by molar-refractivity contribution is 7.22. The molecule has 0 N–H and O–H groups in total. The topological polar surface area (TPSA) is 59.0 Å². The summed E-state index contributed by atoms with van der Waals surface area (Å²) in [7, 11) is 0. The van der Waals surface area contributed by atoms with Crippen LogP contribution in [0.5, 0.6) is 0 Å². The van der Waals surface area contributed by atoms with Gasteiger partial charge in [0, 0.05) is 17.4 Å². The lowest BCUT2D eigenvalue weighted by Gasteiger charge is -2.19. The van der Waals surface area contributed by atoms with Gasteiger partial charge in [-0.15, -0.1) is 11.3 Å². The molecule has 0 saturated carbocycles. The van der Waals surface area contributed by atoms with Gasteiger partial charge in [0.15, 0.2) is 5.13 Å². The number of aromatic nitrogens is 3. The number of anilines is 1. The number of halogens is 1. The van der Waals surface area contributed by atoms with Gasteiger partial charge in [-0.1, -0.05) is 29.0 Å². The lowest BCUT2D eigenvalue weighted by atomic mass is 10.2. The number of fused-ring (bicyclic) bond motifs is 1. The summed E-state index contributed by atoms with van der Waals surface area (Å²) in [5, 5.41) is 2.17. The monoisotopic (exact) mass is 428 g/mol. The number of amides is 1. The van der Waals surface area contributed by atoms with Crippen molar-refractivity contribution in [2.24, 2.45) is 0 Å². The predicted octanol–water partition coefficient (Wildman–Crippen LogP) is 5.57. The molecule has 4 rings (SSSR count). The summed E-state index contributed by atoms with van der Waals surface area (Å²) in [5.41, 5.74) is 3.53. The fourth-order valence-electron chi connectivity index (χ4n) is 3.01. The molecule has 1 amide bonds. The Labute approximate surface area is 175 Å². The third kappa shape index (κ3) is 3.65. The minimum absolute atomic E-state index is 0.102. The van der Waals surface area contributed by atoms with Gasteiger partial charge in [-0.25, -0.2) is 9.97 Å². The van der Waals surface area contributed by atoms with Crippen molar-refractivity contribution < 1.29 is 4.79 Å². The van der Waals surface area contributed by atoms with Crippen molar-refractivity contribution in [2.45, 2.75) is 27.3 Å². The largest absolute Gasteiger partial charge is 0.279 e.